The molecule has 0 aliphatic carbocycles. The van der Waals surface area contributed by atoms with Gasteiger partial charge in [0.15, 0.2) is 11.6 Å². The molecule has 2 aromatic rings. The molecule has 2 rings (SSSR count). The molecule has 2 N–H and O–H groups in total. The average Bonchev–Trinajstić information content (AvgIpc) is 2.50. The van der Waals surface area contributed by atoms with E-state index in [1.165, 1.54) is 0 Å². The first-order valence-corrected chi connectivity index (χ1v) is 8.09. The highest BCUT2D eigenvalue weighted by Gasteiger charge is 2.06. The molecule has 0 atom stereocenters. The van der Waals surface area contributed by atoms with Gasteiger partial charge in [-0.1, -0.05) is 13.8 Å². The molecule has 0 unspecified atom stereocenters. The van der Waals surface area contributed by atoms with Crippen LogP contribution in [0.3, 0.4) is 0 Å². The van der Waals surface area contributed by atoms with E-state index in [0.717, 1.165) is 11.4 Å². The monoisotopic (exact) mass is 328 g/mol. The van der Waals surface area contributed by atoms with Crippen molar-refractivity contribution in [3.05, 3.63) is 36.4 Å². The highest BCUT2D eigenvalue weighted by molar-refractivity contribution is 5.89. The number of hydrogen-bond acceptors (Lipinski definition) is 5. The second kappa shape index (κ2) is 8.29. The number of aromatic nitrogens is 2. The van der Waals surface area contributed by atoms with Crippen LogP contribution in [-0.4, -0.2) is 22.2 Å². The predicted octanol–water partition coefficient (Wildman–Crippen LogP) is 3.99. The second-order valence-corrected chi connectivity index (χ2v) is 6.27. The maximum atomic E-state index is 11.7. The predicted molar refractivity (Wildman–Crippen MR) is 95.6 cm³/mol. The number of nitrogens with one attached hydrogen (secondary N) is 2. The standard InChI is InChI=1S/C18H24N4O2/c1-12(2)11-18(23)20-17-10-9-16(21-22-17)19-14-5-7-15(8-6-14)24-13(3)4/h5-10,12-13H,11H2,1-4H3,(H,19,21)(H,20,22,23). The van der Waals surface area contributed by atoms with Gasteiger partial charge in [0.1, 0.15) is 5.75 Å². The number of carbonyl (C=O) groups is 1. The van der Waals surface area contributed by atoms with Crippen LogP contribution < -0.4 is 15.4 Å². The van der Waals surface area contributed by atoms with Crippen molar-refractivity contribution >= 4 is 23.2 Å². The van der Waals surface area contributed by atoms with Crippen LogP contribution >= 0.6 is 0 Å². The zero-order chi connectivity index (χ0) is 17.5. The summed E-state index contributed by atoms with van der Waals surface area (Å²) in [7, 11) is 0. The summed E-state index contributed by atoms with van der Waals surface area (Å²) >= 11 is 0. The molecule has 128 valence electrons. The Morgan fingerprint density at radius 2 is 1.62 bits per heavy atom. The van der Waals surface area contributed by atoms with E-state index >= 15 is 0 Å². The summed E-state index contributed by atoms with van der Waals surface area (Å²) in [4.78, 5) is 11.7. The van der Waals surface area contributed by atoms with Gasteiger partial charge in [0.2, 0.25) is 5.91 Å². The molecule has 0 radical (unpaired) electrons. The minimum absolute atomic E-state index is 0.0549. The Labute approximate surface area is 142 Å². The molecule has 0 aliphatic heterocycles. The van der Waals surface area contributed by atoms with Crippen LogP contribution in [0.15, 0.2) is 36.4 Å². The first-order chi connectivity index (χ1) is 11.4. The fraction of sp³-hybridized carbons (Fsp3) is 0.389. The zero-order valence-corrected chi connectivity index (χ0v) is 14.5. The summed E-state index contributed by atoms with van der Waals surface area (Å²) in [6.45, 7) is 7.97. The fourth-order valence-corrected chi connectivity index (χ4v) is 2.07. The highest BCUT2D eigenvalue weighted by Crippen LogP contribution is 2.20. The van der Waals surface area contributed by atoms with Crippen LogP contribution in [0.1, 0.15) is 34.1 Å². The van der Waals surface area contributed by atoms with Crippen LogP contribution in [-0.2, 0) is 4.79 Å². The van der Waals surface area contributed by atoms with Crippen molar-refractivity contribution in [1.29, 1.82) is 0 Å². The van der Waals surface area contributed by atoms with Crippen LogP contribution in [0.5, 0.6) is 5.75 Å². The van der Waals surface area contributed by atoms with Crippen molar-refractivity contribution in [2.75, 3.05) is 10.6 Å². The third-order valence-corrected chi connectivity index (χ3v) is 3.02. The van der Waals surface area contributed by atoms with E-state index < -0.39 is 0 Å². The van der Waals surface area contributed by atoms with Crippen molar-refractivity contribution in [3.8, 4) is 5.75 Å². The third-order valence-electron chi connectivity index (χ3n) is 3.02. The molecule has 6 heteroatoms. The summed E-state index contributed by atoms with van der Waals surface area (Å²) < 4.78 is 5.60. The van der Waals surface area contributed by atoms with Crippen LogP contribution in [0.25, 0.3) is 0 Å². The molecular weight excluding hydrogens is 304 g/mol. The molecule has 0 aliphatic rings. The molecule has 1 aromatic carbocycles. The smallest absolute Gasteiger partial charge is 0.225 e. The van der Waals surface area contributed by atoms with Gasteiger partial charge in [-0.05, 0) is 56.2 Å². The normalized spacial score (nSPS) is 10.8. The third kappa shape index (κ3) is 5.87. The van der Waals surface area contributed by atoms with Crippen LogP contribution in [0.2, 0.25) is 0 Å². The van der Waals surface area contributed by atoms with E-state index in [2.05, 4.69) is 20.8 Å². The number of carbonyl (C=O) groups excluding carboxylic acids is 1. The molecule has 1 heterocycles. The van der Waals surface area contributed by atoms with Gasteiger partial charge in [-0.3, -0.25) is 4.79 Å². The number of nitrogens with zero attached hydrogens (tertiary/aromatic N) is 2. The van der Waals surface area contributed by atoms with E-state index in [1.54, 1.807) is 12.1 Å². The summed E-state index contributed by atoms with van der Waals surface area (Å²) in [5.74, 6) is 2.13. The summed E-state index contributed by atoms with van der Waals surface area (Å²) in [6.07, 6.45) is 0.611. The van der Waals surface area contributed by atoms with E-state index in [1.807, 2.05) is 52.0 Å². The summed E-state index contributed by atoms with van der Waals surface area (Å²) in [5, 5.41) is 14.0. The average molecular weight is 328 g/mol. The van der Waals surface area contributed by atoms with E-state index in [4.69, 9.17) is 4.74 Å². The molecule has 1 amide bonds. The minimum atomic E-state index is -0.0549. The molecule has 6 nitrogen and oxygen atoms in total. The molecule has 0 spiro atoms. The Kier molecular flexibility index (Phi) is 6.12. The second-order valence-electron chi connectivity index (χ2n) is 6.27. The molecule has 0 fully saturated rings. The number of amides is 1. The molecular formula is C18H24N4O2. The van der Waals surface area contributed by atoms with E-state index in [-0.39, 0.29) is 12.0 Å². The van der Waals surface area contributed by atoms with Crippen molar-refractivity contribution in [3.63, 3.8) is 0 Å². The van der Waals surface area contributed by atoms with Gasteiger partial charge in [0.05, 0.1) is 6.10 Å². The largest absolute Gasteiger partial charge is 0.491 e. The van der Waals surface area contributed by atoms with Crippen molar-refractivity contribution in [2.24, 2.45) is 5.92 Å². The van der Waals surface area contributed by atoms with Crippen molar-refractivity contribution in [2.45, 2.75) is 40.2 Å². The Balaban J connectivity index is 1.92. The molecule has 24 heavy (non-hydrogen) atoms. The number of anilines is 3. The summed E-state index contributed by atoms with van der Waals surface area (Å²) in [5.41, 5.74) is 0.886. The van der Waals surface area contributed by atoms with Gasteiger partial charge >= 0.3 is 0 Å². The van der Waals surface area contributed by atoms with Crippen LogP contribution in [0, 0.1) is 5.92 Å². The van der Waals surface area contributed by atoms with Gasteiger partial charge in [-0.2, -0.15) is 0 Å². The first kappa shape index (κ1) is 17.7. The lowest BCUT2D eigenvalue weighted by Crippen LogP contribution is -2.15. The maximum Gasteiger partial charge on any atom is 0.225 e. The number of rotatable bonds is 7. The minimum Gasteiger partial charge on any atom is -0.491 e. The Bertz CT molecular complexity index is 652. The van der Waals surface area contributed by atoms with Crippen LogP contribution in [0.4, 0.5) is 17.3 Å². The number of benzene rings is 1. The SMILES string of the molecule is CC(C)CC(=O)Nc1ccc(Nc2ccc(OC(C)C)cc2)nn1. The lowest BCUT2D eigenvalue weighted by atomic mass is 10.1. The maximum absolute atomic E-state index is 11.7. The van der Waals surface area contributed by atoms with Crippen molar-refractivity contribution in [1.82, 2.24) is 10.2 Å². The molecule has 1 aromatic heterocycles. The Morgan fingerprint density at radius 1 is 1.00 bits per heavy atom. The number of hydrogen-bond donors (Lipinski definition) is 2. The van der Waals surface area contributed by atoms with Gasteiger partial charge in [0, 0.05) is 12.1 Å². The topological polar surface area (TPSA) is 76.1 Å². The van der Waals surface area contributed by atoms with E-state index in [0.29, 0.717) is 24.0 Å². The van der Waals surface area contributed by atoms with Gasteiger partial charge in [-0.25, -0.2) is 0 Å². The number of ether oxygens (including phenoxy) is 1. The summed E-state index contributed by atoms with van der Waals surface area (Å²) in [6, 6.07) is 11.1. The lowest BCUT2D eigenvalue weighted by Gasteiger charge is -2.11. The molecule has 0 saturated heterocycles. The quantitative estimate of drug-likeness (QED) is 0.803. The molecule has 0 bridgehead atoms. The van der Waals surface area contributed by atoms with Gasteiger partial charge < -0.3 is 15.4 Å². The Hall–Kier alpha value is -2.63. The lowest BCUT2D eigenvalue weighted by molar-refractivity contribution is -0.116. The van der Waals surface area contributed by atoms with Gasteiger partial charge in [0.25, 0.3) is 0 Å². The highest BCUT2D eigenvalue weighted by atomic mass is 16.5. The first-order valence-electron chi connectivity index (χ1n) is 8.09. The van der Waals surface area contributed by atoms with E-state index in [9.17, 15) is 4.79 Å². The molecule has 0 saturated carbocycles. The zero-order valence-electron chi connectivity index (χ0n) is 14.5. The Morgan fingerprint density at radius 3 is 2.17 bits per heavy atom. The fourth-order valence-electron chi connectivity index (χ4n) is 2.07. The van der Waals surface area contributed by atoms with Crippen molar-refractivity contribution < 1.29 is 9.53 Å². The van der Waals surface area contributed by atoms with Gasteiger partial charge in [-0.15, -0.1) is 10.2 Å².